The van der Waals surface area contributed by atoms with Gasteiger partial charge in [0.2, 0.25) is 5.95 Å². The summed E-state index contributed by atoms with van der Waals surface area (Å²) in [6.07, 6.45) is 1.58. The predicted molar refractivity (Wildman–Crippen MR) is 104 cm³/mol. The lowest BCUT2D eigenvalue weighted by Gasteiger charge is -2.09. The van der Waals surface area contributed by atoms with Gasteiger partial charge in [0.25, 0.3) is 5.91 Å². The second-order valence-corrected chi connectivity index (χ2v) is 6.36. The molecule has 0 spiro atoms. The Balaban J connectivity index is 1.67. The van der Waals surface area contributed by atoms with E-state index < -0.39 is 0 Å². The lowest BCUT2D eigenvalue weighted by Crippen LogP contribution is -2.15. The van der Waals surface area contributed by atoms with Crippen LogP contribution in [0.5, 0.6) is 0 Å². The van der Waals surface area contributed by atoms with Gasteiger partial charge >= 0.3 is 0 Å². The number of anilines is 2. The van der Waals surface area contributed by atoms with E-state index in [1.54, 1.807) is 12.3 Å². The first-order valence-electron chi connectivity index (χ1n) is 8.52. The molecule has 26 heavy (non-hydrogen) atoms. The predicted octanol–water partition coefficient (Wildman–Crippen LogP) is 4.27. The third-order valence-electron chi connectivity index (χ3n) is 4.19. The number of hydrogen-bond acceptors (Lipinski definition) is 4. The van der Waals surface area contributed by atoms with E-state index in [2.05, 4.69) is 39.7 Å². The molecular formula is C21H22N4O. The third kappa shape index (κ3) is 4.45. The Hall–Kier alpha value is -3.21. The minimum atomic E-state index is -0.255. The molecule has 3 aromatic rings. The molecule has 0 fully saturated rings. The molecule has 0 saturated heterocycles. The number of carbonyl (C=O) groups is 1. The van der Waals surface area contributed by atoms with Crippen molar-refractivity contribution >= 4 is 17.5 Å². The first kappa shape index (κ1) is 17.6. The Bertz CT molecular complexity index is 937. The molecule has 0 aliphatic heterocycles. The van der Waals surface area contributed by atoms with Crippen molar-refractivity contribution in [3.8, 4) is 0 Å². The molecule has 1 amide bonds. The molecule has 1 heterocycles. The lowest BCUT2D eigenvalue weighted by molar-refractivity contribution is 0.102. The van der Waals surface area contributed by atoms with Crippen molar-refractivity contribution in [2.24, 2.45) is 0 Å². The smallest absolute Gasteiger partial charge is 0.274 e. The fraction of sp³-hybridized carbons (Fsp3) is 0.190. The van der Waals surface area contributed by atoms with Crippen LogP contribution in [-0.4, -0.2) is 15.9 Å². The molecule has 3 rings (SSSR count). The quantitative estimate of drug-likeness (QED) is 0.724. The van der Waals surface area contributed by atoms with Crippen LogP contribution in [0.3, 0.4) is 0 Å². The van der Waals surface area contributed by atoms with Crippen molar-refractivity contribution < 1.29 is 4.79 Å². The zero-order chi connectivity index (χ0) is 18.5. The number of benzene rings is 2. The Kier molecular flexibility index (Phi) is 5.27. The van der Waals surface area contributed by atoms with Crippen LogP contribution in [0, 0.1) is 20.8 Å². The molecular weight excluding hydrogens is 324 g/mol. The molecule has 0 radical (unpaired) electrons. The van der Waals surface area contributed by atoms with Crippen LogP contribution >= 0.6 is 0 Å². The monoisotopic (exact) mass is 346 g/mol. The van der Waals surface area contributed by atoms with Crippen molar-refractivity contribution in [1.82, 2.24) is 9.97 Å². The summed E-state index contributed by atoms with van der Waals surface area (Å²) in [4.78, 5) is 21.0. The molecule has 0 bridgehead atoms. The molecule has 5 heteroatoms. The van der Waals surface area contributed by atoms with E-state index in [0.29, 0.717) is 18.2 Å². The number of rotatable bonds is 5. The van der Waals surface area contributed by atoms with Crippen molar-refractivity contribution in [1.29, 1.82) is 0 Å². The fourth-order valence-electron chi connectivity index (χ4n) is 2.59. The van der Waals surface area contributed by atoms with Gasteiger partial charge in [-0.3, -0.25) is 4.79 Å². The Morgan fingerprint density at radius 3 is 2.62 bits per heavy atom. The standard InChI is InChI=1S/C21H22N4O/c1-14-5-4-6-17(11-14)13-23-21-22-10-9-19(25-21)20(26)24-18-8-7-15(2)16(3)12-18/h4-12H,13H2,1-3H3,(H,24,26)(H,22,23,25). The van der Waals surface area contributed by atoms with E-state index in [-0.39, 0.29) is 5.91 Å². The summed E-state index contributed by atoms with van der Waals surface area (Å²) in [7, 11) is 0. The summed E-state index contributed by atoms with van der Waals surface area (Å²) in [5.41, 5.74) is 5.74. The highest BCUT2D eigenvalue weighted by Gasteiger charge is 2.10. The molecule has 0 unspecified atom stereocenters. The number of amides is 1. The SMILES string of the molecule is Cc1cccc(CNc2nccc(C(=O)Nc3ccc(C)c(C)c3)n2)c1. The first-order valence-corrected chi connectivity index (χ1v) is 8.52. The van der Waals surface area contributed by atoms with Crippen LogP contribution in [0.2, 0.25) is 0 Å². The summed E-state index contributed by atoms with van der Waals surface area (Å²) >= 11 is 0. The maximum absolute atomic E-state index is 12.5. The van der Waals surface area contributed by atoms with Crippen LogP contribution in [0.25, 0.3) is 0 Å². The third-order valence-corrected chi connectivity index (χ3v) is 4.19. The van der Waals surface area contributed by atoms with E-state index >= 15 is 0 Å². The van der Waals surface area contributed by atoms with Gasteiger partial charge in [0, 0.05) is 18.4 Å². The maximum atomic E-state index is 12.5. The van der Waals surface area contributed by atoms with Gasteiger partial charge in [-0.25, -0.2) is 9.97 Å². The van der Waals surface area contributed by atoms with Gasteiger partial charge in [-0.15, -0.1) is 0 Å². The lowest BCUT2D eigenvalue weighted by atomic mass is 10.1. The number of carbonyl (C=O) groups excluding carboxylic acids is 1. The summed E-state index contributed by atoms with van der Waals surface area (Å²) in [6, 6.07) is 15.6. The normalized spacial score (nSPS) is 10.4. The zero-order valence-corrected chi connectivity index (χ0v) is 15.2. The zero-order valence-electron chi connectivity index (χ0n) is 15.2. The van der Waals surface area contributed by atoms with Gasteiger partial charge in [-0.2, -0.15) is 0 Å². The van der Waals surface area contributed by atoms with Gasteiger partial charge < -0.3 is 10.6 Å². The van der Waals surface area contributed by atoms with Crippen LogP contribution < -0.4 is 10.6 Å². The second kappa shape index (κ2) is 7.78. The van der Waals surface area contributed by atoms with Gasteiger partial charge in [-0.1, -0.05) is 35.9 Å². The molecule has 0 saturated carbocycles. The van der Waals surface area contributed by atoms with Crippen LogP contribution in [0.1, 0.15) is 32.7 Å². The number of hydrogen-bond donors (Lipinski definition) is 2. The molecule has 0 aliphatic carbocycles. The molecule has 132 valence electrons. The van der Waals surface area contributed by atoms with Gasteiger partial charge in [0.05, 0.1) is 0 Å². The molecule has 1 aromatic heterocycles. The first-order chi connectivity index (χ1) is 12.5. The number of nitrogens with zero attached hydrogens (tertiary/aromatic N) is 2. The van der Waals surface area contributed by atoms with Crippen molar-refractivity contribution in [2.75, 3.05) is 10.6 Å². The highest BCUT2D eigenvalue weighted by molar-refractivity contribution is 6.03. The number of aryl methyl sites for hydroxylation is 3. The Morgan fingerprint density at radius 1 is 1.00 bits per heavy atom. The summed E-state index contributed by atoms with van der Waals surface area (Å²) in [6.45, 7) is 6.71. The summed E-state index contributed by atoms with van der Waals surface area (Å²) < 4.78 is 0. The van der Waals surface area contributed by atoms with Crippen LogP contribution in [-0.2, 0) is 6.54 Å². The van der Waals surface area contributed by atoms with Gasteiger partial charge in [-0.05, 0) is 55.7 Å². The molecule has 2 N–H and O–H groups in total. The Labute approximate surface area is 153 Å². The average Bonchev–Trinajstić information content (AvgIpc) is 2.63. The fourth-order valence-corrected chi connectivity index (χ4v) is 2.59. The topological polar surface area (TPSA) is 66.9 Å². The highest BCUT2D eigenvalue weighted by Crippen LogP contribution is 2.15. The molecule has 0 aliphatic rings. The van der Waals surface area contributed by atoms with Gasteiger partial charge in [0.15, 0.2) is 0 Å². The van der Waals surface area contributed by atoms with E-state index in [4.69, 9.17) is 0 Å². The number of aromatic nitrogens is 2. The molecule has 2 aromatic carbocycles. The van der Waals surface area contributed by atoms with Crippen molar-refractivity contribution in [2.45, 2.75) is 27.3 Å². The number of nitrogens with one attached hydrogen (secondary N) is 2. The largest absolute Gasteiger partial charge is 0.350 e. The van der Waals surface area contributed by atoms with E-state index in [1.165, 1.54) is 11.1 Å². The minimum Gasteiger partial charge on any atom is -0.350 e. The minimum absolute atomic E-state index is 0.255. The average molecular weight is 346 g/mol. The molecule has 5 nitrogen and oxygen atoms in total. The molecule has 0 atom stereocenters. The van der Waals surface area contributed by atoms with Gasteiger partial charge in [0.1, 0.15) is 5.69 Å². The van der Waals surface area contributed by atoms with E-state index in [9.17, 15) is 4.79 Å². The van der Waals surface area contributed by atoms with Crippen molar-refractivity contribution in [3.05, 3.63) is 82.7 Å². The maximum Gasteiger partial charge on any atom is 0.274 e. The van der Waals surface area contributed by atoms with Crippen molar-refractivity contribution in [3.63, 3.8) is 0 Å². The van der Waals surface area contributed by atoms with Crippen LogP contribution in [0.15, 0.2) is 54.7 Å². The van der Waals surface area contributed by atoms with Crippen LogP contribution in [0.4, 0.5) is 11.6 Å². The van der Waals surface area contributed by atoms with E-state index in [0.717, 1.165) is 16.8 Å². The summed E-state index contributed by atoms with van der Waals surface area (Å²) in [5.74, 6) is 0.175. The van der Waals surface area contributed by atoms with E-state index in [1.807, 2.05) is 44.2 Å². The Morgan fingerprint density at radius 2 is 1.85 bits per heavy atom. The second-order valence-electron chi connectivity index (χ2n) is 6.36. The summed E-state index contributed by atoms with van der Waals surface area (Å²) in [5, 5.41) is 6.04. The highest BCUT2D eigenvalue weighted by atomic mass is 16.1.